The van der Waals surface area contributed by atoms with Crippen molar-refractivity contribution < 1.29 is 28.6 Å². The molecule has 0 amide bonds. The first kappa shape index (κ1) is 32.1. The summed E-state index contributed by atoms with van der Waals surface area (Å²) in [6.45, 7) is 11.1. The molecule has 0 saturated carbocycles. The van der Waals surface area contributed by atoms with Crippen molar-refractivity contribution in [1.82, 2.24) is 0 Å². The van der Waals surface area contributed by atoms with Gasteiger partial charge < -0.3 is 14.2 Å². The van der Waals surface area contributed by atoms with Crippen LogP contribution < -0.4 is 0 Å². The molecule has 0 bridgehead atoms. The summed E-state index contributed by atoms with van der Waals surface area (Å²) >= 11 is 0. The van der Waals surface area contributed by atoms with E-state index in [2.05, 4.69) is 27.4 Å². The highest BCUT2D eigenvalue weighted by Crippen LogP contribution is 2.19. The van der Waals surface area contributed by atoms with Crippen LogP contribution in [0.3, 0.4) is 0 Å². The molecular formula is C28H50O6. The first-order chi connectivity index (χ1) is 16.5. The first-order valence-electron chi connectivity index (χ1n) is 13.7. The molecule has 1 unspecified atom stereocenters. The van der Waals surface area contributed by atoms with Crippen molar-refractivity contribution in [3.8, 4) is 0 Å². The second-order valence-electron chi connectivity index (χ2n) is 9.05. The quantitative estimate of drug-likeness (QED) is 0.0669. The highest BCUT2D eigenvalue weighted by atomic mass is 16.5. The van der Waals surface area contributed by atoms with E-state index in [-0.39, 0.29) is 25.2 Å². The van der Waals surface area contributed by atoms with E-state index in [4.69, 9.17) is 14.2 Å². The number of esters is 3. The minimum atomic E-state index is -1.07. The summed E-state index contributed by atoms with van der Waals surface area (Å²) in [5, 5.41) is 0. The summed E-state index contributed by atoms with van der Waals surface area (Å²) in [5.74, 6) is -2.85. The van der Waals surface area contributed by atoms with E-state index in [1.807, 2.05) is 0 Å². The van der Waals surface area contributed by atoms with E-state index >= 15 is 0 Å². The monoisotopic (exact) mass is 482 g/mol. The standard InChI is InChI=1S/C28H50O6/c1-5-8-11-14-17-20-32-26(29)23-25(28(31)34-22-19-16-13-10-7-3)24(4)27(30)33-21-18-15-12-9-6-2/h25H,4-23H2,1-3H3. The molecule has 0 heterocycles. The van der Waals surface area contributed by atoms with Gasteiger partial charge >= 0.3 is 17.9 Å². The smallest absolute Gasteiger partial charge is 0.334 e. The van der Waals surface area contributed by atoms with E-state index < -0.39 is 23.8 Å². The van der Waals surface area contributed by atoms with E-state index in [1.165, 1.54) is 6.42 Å². The third kappa shape index (κ3) is 17.6. The number of hydrogen-bond donors (Lipinski definition) is 0. The van der Waals surface area contributed by atoms with Crippen LogP contribution in [0, 0.1) is 5.92 Å². The van der Waals surface area contributed by atoms with Gasteiger partial charge in [-0.25, -0.2) is 4.79 Å². The summed E-state index contributed by atoms with van der Waals surface area (Å²) in [6, 6.07) is 0. The third-order valence-corrected chi connectivity index (χ3v) is 5.82. The van der Waals surface area contributed by atoms with Crippen molar-refractivity contribution in [2.45, 2.75) is 124 Å². The molecule has 1 atom stereocenters. The van der Waals surface area contributed by atoms with E-state index in [9.17, 15) is 14.4 Å². The predicted molar refractivity (Wildman–Crippen MR) is 136 cm³/mol. The van der Waals surface area contributed by atoms with Crippen LogP contribution in [0.1, 0.15) is 124 Å². The largest absolute Gasteiger partial charge is 0.466 e. The Balaban J connectivity index is 4.68. The Labute approximate surface area is 208 Å². The summed E-state index contributed by atoms with van der Waals surface area (Å²) in [4.78, 5) is 37.6. The lowest BCUT2D eigenvalue weighted by molar-refractivity contribution is -0.155. The molecule has 0 rings (SSSR count). The molecule has 0 aromatic carbocycles. The SMILES string of the molecule is C=C(C(=O)OCCCCCCC)C(CC(=O)OCCCCCCC)C(=O)OCCCCCCC. The van der Waals surface area contributed by atoms with E-state index in [1.54, 1.807) is 0 Å². The van der Waals surface area contributed by atoms with Crippen LogP contribution >= 0.6 is 0 Å². The molecule has 0 aliphatic rings. The molecule has 198 valence electrons. The molecule has 6 heteroatoms. The maximum absolute atomic E-state index is 12.7. The fourth-order valence-electron chi connectivity index (χ4n) is 3.55. The van der Waals surface area contributed by atoms with Crippen LogP contribution in [0.5, 0.6) is 0 Å². The third-order valence-electron chi connectivity index (χ3n) is 5.82. The predicted octanol–water partition coefficient (Wildman–Crippen LogP) is 7.09. The number of ether oxygens (including phenoxy) is 3. The molecule has 0 aromatic rings. The van der Waals surface area contributed by atoms with Crippen LogP contribution in [0.15, 0.2) is 12.2 Å². The second kappa shape index (κ2) is 22.9. The molecular weight excluding hydrogens is 432 g/mol. The maximum Gasteiger partial charge on any atom is 0.334 e. The Bertz CT molecular complexity index is 557. The summed E-state index contributed by atoms with van der Waals surface area (Å²) in [7, 11) is 0. The van der Waals surface area contributed by atoms with Gasteiger partial charge in [0.15, 0.2) is 0 Å². The van der Waals surface area contributed by atoms with Crippen LogP contribution in [0.2, 0.25) is 0 Å². The summed E-state index contributed by atoms with van der Waals surface area (Å²) in [5.41, 5.74) is -0.0376. The number of hydrogen-bond acceptors (Lipinski definition) is 6. The van der Waals surface area contributed by atoms with E-state index in [0.717, 1.165) is 89.9 Å². The minimum Gasteiger partial charge on any atom is -0.466 e. The van der Waals surface area contributed by atoms with Gasteiger partial charge in [0.05, 0.1) is 32.2 Å². The Hall–Kier alpha value is -1.85. The average molecular weight is 483 g/mol. The summed E-state index contributed by atoms with van der Waals surface area (Å²) < 4.78 is 16.0. The summed E-state index contributed by atoms with van der Waals surface area (Å²) in [6.07, 6.45) is 15.3. The van der Waals surface area contributed by atoms with Crippen molar-refractivity contribution in [2.75, 3.05) is 19.8 Å². The van der Waals surface area contributed by atoms with E-state index in [0.29, 0.717) is 6.61 Å². The van der Waals surface area contributed by atoms with Gasteiger partial charge in [-0.3, -0.25) is 9.59 Å². The highest BCUT2D eigenvalue weighted by molar-refractivity contribution is 5.96. The number of carbonyl (C=O) groups is 3. The minimum absolute atomic E-state index is 0.0376. The second-order valence-corrected chi connectivity index (χ2v) is 9.05. The lowest BCUT2D eigenvalue weighted by atomic mass is 9.97. The highest BCUT2D eigenvalue weighted by Gasteiger charge is 2.31. The van der Waals surface area contributed by atoms with Gasteiger partial charge in [-0.05, 0) is 19.3 Å². The van der Waals surface area contributed by atoms with Crippen LogP contribution in [-0.2, 0) is 28.6 Å². The molecule has 6 nitrogen and oxygen atoms in total. The lowest BCUT2D eigenvalue weighted by Gasteiger charge is -2.17. The van der Waals surface area contributed by atoms with Crippen LogP contribution in [0.25, 0.3) is 0 Å². The first-order valence-corrected chi connectivity index (χ1v) is 13.7. The van der Waals surface area contributed by atoms with Gasteiger partial charge in [0.25, 0.3) is 0 Å². The molecule has 0 aromatic heterocycles. The molecule has 0 aliphatic carbocycles. The van der Waals surface area contributed by atoms with Crippen molar-refractivity contribution >= 4 is 17.9 Å². The molecule has 0 fully saturated rings. The van der Waals surface area contributed by atoms with Gasteiger partial charge in [0, 0.05) is 5.57 Å². The van der Waals surface area contributed by atoms with Gasteiger partial charge in [-0.2, -0.15) is 0 Å². The van der Waals surface area contributed by atoms with Gasteiger partial charge in [-0.15, -0.1) is 0 Å². The Kier molecular flexibility index (Phi) is 21.7. The van der Waals surface area contributed by atoms with Crippen molar-refractivity contribution in [1.29, 1.82) is 0 Å². The Morgan fingerprint density at radius 3 is 1.47 bits per heavy atom. The van der Waals surface area contributed by atoms with Crippen molar-refractivity contribution in [3.63, 3.8) is 0 Å². The van der Waals surface area contributed by atoms with Crippen molar-refractivity contribution in [3.05, 3.63) is 12.2 Å². The number of rotatable bonds is 23. The van der Waals surface area contributed by atoms with Crippen LogP contribution in [0.4, 0.5) is 0 Å². The zero-order valence-corrected chi connectivity index (χ0v) is 22.2. The Morgan fingerprint density at radius 2 is 1.00 bits per heavy atom. The molecule has 0 radical (unpaired) electrons. The normalized spacial score (nSPS) is 11.6. The fourth-order valence-corrected chi connectivity index (χ4v) is 3.55. The molecule has 0 aliphatic heterocycles. The maximum atomic E-state index is 12.7. The zero-order chi connectivity index (χ0) is 25.4. The molecule has 0 saturated heterocycles. The number of carbonyl (C=O) groups excluding carboxylic acids is 3. The van der Waals surface area contributed by atoms with Crippen molar-refractivity contribution in [2.24, 2.45) is 5.92 Å². The topological polar surface area (TPSA) is 78.9 Å². The van der Waals surface area contributed by atoms with Crippen LogP contribution in [-0.4, -0.2) is 37.7 Å². The fraction of sp³-hybridized carbons (Fsp3) is 0.821. The molecule has 0 N–H and O–H groups in total. The van der Waals surface area contributed by atoms with Gasteiger partial charge in [0.2, 0.25) is 0 Å². The van der Waals surface area contributed by atoms with Gasteiger partial charge in [0.1, 0.15) is 0 Å². The average Bonchev–Trinajstić information content (AvgIpc) is 2.83. The molecule has 34 heavy (non-hydrogen) atoms. The Morgan fingerprint density at radius 1 is 0.588 bits per heavy atom. The van der Waals surface area contributed by atoms with Gasteiger partial charge in [-0.1, -0.05) is 104 Å². The number of unbranched alkanes of at least 4 members (excludes halogenated alkanes) is 12. The lowest BCUT2D eigenvalue weighted by Crippen LogP contribution is -2.28. The molecule has 0 spiro atoms. The zero-order valence-electron chi connectivity index (χ0n) is 22.2.